The minimum atomic E-state index is -1.58. The number of halogens is 3. The van der Waals surface area contributed by atoms with Crippen LogP contribution in [0.15, 0.2) is 42.5 Å². The summed E-state index contributed by atoms with van der Waals surface area (Å²) in [4.78, 5) is 16.2. The van der Waals surface area contributed by atoms with Crippen molar-refractivity contribution in [3.8, 4) is 0 Å². The summed E-state index contributed by atoms with van der Waals surface area (Å²) in [5, 5.41) is 12.3. The van der Waals surface area contributed by atoms with Crippen molar-refractivity contribution in [3.05, 3.63) is 63.1 Å². The molecule has 1 fully saturated rings. The molecule has 1 N–H and O–H groups in total. The van der Waals surface area contributed by atoms with Crippen LogP contribution >= 0.6 is 34.8 Å². The molecule has 2 aromatic rings. The predicted molar refractivity (Wildman–Crippen MR) is 117 cm³/mol. The molecule has 0 bridgehead atoms. The second kappa shape index (κ2) is 9.11. The summed E-state index contributed by atoms with van der Waals surface area (Å²) < 4.78 is 4.73. The van der Waals surface area contributed by atoms with Crippen LogP contribution in [0.4, 0.5) is 5.69 Å². The highest BCUT2D eigenvalue weighted by atomic mass is 35.5. The number of β-amino-alcohol motifs (C(OH)–C–C–N with tert-alkyl or cyclic N) is 1. The minimum Gasteiger partial charge on any atom is -0.467 e. The van der Waals surface area contributed by atoms with E-state index in [1.54, 1.807) is 6.07 Å². The van der Waals surface area contributed by atoms with Crippen LogP contribution < -0.4 is 4.90 Å². The number of carbonyl (C=O) groups excluding carboxylic acids is 1. The highest BCUT2D eigenvalue weighted by molar-refractivity contribution is 6.36. The Morgan fingerprint density at radius 3 is 2.41 bits per heavy atom. The first-order valence-electron chi connectivity index (χ1n) is 9.21. The Morgan fingerprint density at radius 2 is 1.79 bits per heavy atom. The molecule has 0 aliphatic carbocycles. The Labute approximate surface area is 185 Å². The van der Waals surface area contributed by atoms with E-state index in [1.807, 2.05) is 36.4 Å². The van der Waals surface area contributed by atoms with Gasteiger partial charge in [-0.25, -0.2) is 4.79 Å². The number of ether oxygens (including phenoxy) is 1. The minimum absolute atomic E-state index is 0.0480. The average Bonchev–Trinajstić information content (AvgIpc) is 2.68. The van der Waals surface area contributed by atoms with Crippen molar-refractivity contribution in [1.82, 2.24) is 4.90 Å². The van der Waals surface area contributed by atoms with E-state index < -0.39 is 11.6 Å². The fourth-order valence-electron chi connectivity index (χ4n) is 3.68. The first-order chi connectivity index (χ1) is 13.7. The van der Waals surface area contributed by atoms with Gasteiger partial charge in [0.1, 0.15) is 0 Å². The number of hydrogen-bond acceptors (Lipinski definition) is 5. The number of methoxy groups -OCH3 is 1. The number of hydrogen-bond donors (Lipinski definition) is 1. The van der Waals surface area contributed by atoms with Gasteiger partial charge in [-0.05, 0) is 42.8 Å². The maximum absolute atomic E-state index is 11.9. The number of anilines is 1. The second-order valence-corrected chi connectivity index (χ2v) is 8.64. The molecule has 0 radical (unpaired) electrons. The third-order valence-electron chi connectivity index (χ3n) is 5.10. The standard InChI is InChI=1S/C21H23Cl3N2O3/c1-21(28,20(27)29-2)13-25-9-10-26(18-8-7-16(23)11-17(18)24)19(12-25)14-3-5-15(22)6-4-14/h3-8,11,19,28H,9-10,12-13H2,1-2H3/t19-,21?/m0/s1. The topological polar surface area (TPSA) is 53.0 Å². The van der Waals surface area contributed by atoms with Crippen LogP contribution in [0.3, 0.4) is 0 Å². The van der Waals surface area contributed by atoms with Crippen molar-refractivity contribution in [3.63, 3.8) is 0 Å². The molecule has 1 heterocycles. The monoisotopic (exact) mass is 456 g/mol. The molecule has 0 spiro atoms. The van der Waals surface area contributed by atoms with Crippen LogP contribution in [0.25, 0.3) is 0 Å². The van der Waals surface area contributed by atoms with Gasteiger partial charge in [0.25, 0.3) is 0 Å². The Balaban J connectivity index is 1.90. The summed E-state index contributed by atoms with van der Waals surface area (Å²) >= 11 is 18.6. The first kappa shape index (κ1) is 22.2. The van der Waals surface area contributed by atoms with E-state index in [9.17, 15) is 9.90 Å². The number of aliphatic hydroxyl groups is 1. The molecule has 2 aromatic carbocycles. The fraction of sp³-hybridized carbons (Fsp3) is 0.381. The van der Waals surface area contributed by atoms with E-state index in [-0.39, 0.29) is 12.6 Å². The Kier molecular flexibility index (Phi) is 6.97. The lowest BCUT2D eigenvalue weighted by atomic mass is 9.99. The SMILES string of the molecule is COC(=O)C(C)(O)CN1CCN(c2ccc(Cl)cc2Cl)[C@H](c2ccc(Cl)cc2)C1. The highest BCUT2D eigenvalue weighted by Gasteiger charge is 2.37. The summed E-state index contributed by atoms with van der Waals surface area (Å²) in [6, 6.07) is 13.1. The molecule has 2 atom stereocenters. The molecule has 0 amide bonds. The summed E-state index contributed by atoms with van der Waals surface area (Å²) in [7, 11) is 1.27. The van der Waals surface area contributed by atoms with Crippen LogP contribution in [0, 0.1) is 0 Å². The van der Waals surface area contributed by atoms with Crippen LogP contribution in [-0.4, -0.2) is 54.9 Å². The Morgan fingerprint density at radius 1 is 1.14 bits per heavy atom. The Hall–Kier alpha value is -1.50. The first-order valence-corrected chi connectivity index (χ1v) is 10.3. The number of benzene rings is 2. The van der Waals surface area contributed by atoms with Crippen LogP contribution in [0.1, 0.15) is 18.5 Å². The number of piperazine rings is 1. The molecule has 1 unspecified atom stereocenters. The molecular formula is C21H23Cl3N2O3. The molecule has 0 aromatic heterocycles. The number of carbonyl (C=O) groups is 1. The summed E-state index contributed by atoms with van der Waals surface area (Å²) in [5.74, 6) is -0.649. The molecule has 29 heavy (non-hydrogen) atoms. The molecule has 1 aliphatic rings. The van der Waals surface area contributed by atoms with Crippen molar-refractivity contribution in [2.45, 2.75) is 18.6 Å². The van der Waals surface area contributed by atoms with E-state index >= 15 is 0 Å². The molecule has 1 saturated heterocycles. The predicted octanol–water partition coefficient (Wildman–Crippen LogP) is 4.43. The highest BCUT2D eigenvalue weighted by Crippen LogP contribution is 2.37. The smallest absolute Gasteiger partial charge is 0.338 e. The van der Waals surface area contributed by atoms with Crippen molar-refractivity contribution < 1.29 is 14.6 Å². The van der Waals surface area contributed by atoms with Gasteiger partial charge in [0.05, 0.1) is 23.9 Å². The number of esters is 1. The van der Waals surface area contributed by atoms with E-state index in [2.05, 4.69) is 9.80 Å². The molecule has 156 valence electrons. The van der Waals surface area contributed by atoms with Crippen LogP contribution in [0.2, 0.25) is 15.1 Å². The van der Waals surface area contributed by atoms with Gasteiger partial charge >= 0.3 is 5.97 Å². The number of nitrogens with zero attached hydrogens (tertiary/aromatic N) is 2. The summed E-state index contributed by atoms with van der Waals surface area (Å²) in [6.07, 6.45) is 0. The molecule has 5 nitrogen and oxygen atoms in total. The Bertz CT molecular complexity index is 874. The lowest BCUT2D eigenvalue weighted by molar-refractivity contribution is -0.162. The normalized spacial score (nSPS) is 19.7. The maximum atomic E-state index is 11.9. The average molecular weight is 458 g/mol. The molecule has 3 rings (SSSR count). The van der Waals surface area contributed by atoms with Gasteiger partial charge in [0.2, 0.25) is 0 Å². The van der Waals surface area contributed by atoms with Crippen molar-refractivity contribution in [2.75, 3.05) is 38.2 Å². The molecular weight excluding hydrogens is 435 g/mol. The van der Waals surface area contributed by atoms with Gasteiger partial charge < -0.3 is 14.7 Å². The van der Waals surface area contributed by atoms with Crippen molar-refractivity contribution in [2.24, 2.45) is 0 Å². The zero-order chi connectivity index (χ0) is 21.2. The summed E-state index contributed by atoms with van der Waals surface area (Å²) in [5.41, 5.74) is 0.359. The third-order valence-corrected chi connectivity index (χ3v) is 5.88. The van der Waals surface area contributed by atoms with E-state index in [4.69, 9.17) is 39.5 Å². The van der Waals surface area contributed by atoms with Crippen molar-refractivity contribution >= 4 is 46.5 Å². The van der Waals surface area contributed by atoms with Gasteiger partial charge in [-0.2, -0.15) is 0 Å². The van der Waals surface area contributed by atoms with Gasteiger partial charge in [-0.1, -0.05) is 46.9 Å². The third kappa shape index (κ3) is 5.16. The van der Waals surface area contributed by atoms with Crippen LogP contribution in [0.5, 0.6) is 0 Å². The number of rotatable bonds is 5. The molecule has 0 saturated carbocycles. The largest absolute Gasteiger partial charge is 0.467 e. The quantitative estimate of drug-likeness (QED) is 0.673. The van der Waals surface area contributed by atoms with E-state index in [0.717, 1.165) is 11.3 Å². The zero-order valence-corrected chi connectivity index (χ0v) is 18.5. The van der Waals surface area contributed by atoms with Crippen molar-refractivity contribution in [1.29, 1.82) is 0 Å². The second-order valence-electron chi connectivity index (χ2n) is 7.36. The zero-order valence-electron chi connectivity index (χ0n) is 16.2. The van der Waals surface area contributed by atoms with Crippen LogP contribution in [-0.2, 0) is 9.53 Å². The molecule has 1 aliphatic heterocycles. The lowest BCUT2D eigenvalue weighted by Gasteiger charge is -2.44. The van der Waals surface area contributed by atoms with Gasteiger partial charge in [0, 0.05) is 36.2 Å². The van der Waals surface area contributed by atoms with Gasteiger partial charge in [-0.15, -0.1) is 0 Å². The van der Waals surface area contributed by atoms with E-state index in [0.29, 0.717) is 34.7 Å². The summed E-state index contributed by atoms with van der Waals surface area (Å²) in [6.45, 7) is 3.54. The van der Waals surface area contributed by atoms with Gasteiger partial charge in [-0.3, -0.25) is 4.90 Å². The molecule has 8 heteroatoms. The van der Waals surface area contributed by atoms with Gasteiger partial charge in [0.15, 0.2) is 5.60 Å². The lowest BCUT2D eigenvalue weighted by Crippen LogP contribution is -2.55. The van der Waals surface area contributed by atoms with E-state index in [1.165, 1.54) is 14.0 Å². The maximum Gasteiger partial charge on any atom is 0.338 e. The fourth-order valence-corrected chi connectivity index (χ4v) is 4.32.